The van der Waals surface area contributed by atoms with E-state index in [1.54, 1.807) is 6.07 Å². The fourth-order valence-electron chi connectivity index (χ4n) is 1.68. The Labute approximate surface area is 106 Å². The van der Waals surface area contributed by atoms with Gasteiger partial charge in [-0.1, -0.05) is 24.3 Å². The predicted octanol–water partition coefficient (Wildman–Crippen LogP) is 3.42. The minimum absolute atomic E-state index is 0.0253. The van der Waals surface area contributed by atoms with Crippen LogP contribution >= 0.6 is 0 Å². The Bertz CT molecular complexity index is 525. The Morgan fingerprint density at radius 3 is 2.67 bits per heavy atom. The number of halogens is 1. The molecule has 0 radical (unpaired) electrons. The highest BCUT2D eigenvalue weighted by atomic mass is 19.1. The molecule has 3 heteroatoms. The van der Waals surface area contributed by atoms with Crippen LogP contribution in [0, 0.1) is 5.82 Å². The van der Waals surface area contributed by atoms with Crippen LogP contribution in [0.25, 0.3) is 0 Å². The third-order valence-electron chi connectivity index (χ3n) is 2.68. The lowest BCUT2D eigenvalue weighted by Gasteiger charge is -2.10. The van der Waals surface area contributed by atoms with Gasteiger partial charge < -0.3 is 10.5 Å². The van der Waals surface area contributed by atoms with Gasteiger partial charge in [0.1, 0.15) is 18.2 Å². The van der Waals surface area contributed by atoms with Gasteiger partial charge in [-0.3, -0.25) is 0 Å². The van der Waals surface area contributed by atoms with Gasteiger partial charge in [-0.25, -0.2) is 4.39 Å². The molecule has 2 rings (SSSR count). The van der Waals surface area contributed by atoms with Crippen LogP contribution in [-0.4, -0.2) is 0 Å². The monoisotopic (exact) mass is 245 g/mol. The summed E-state index contributed by atoms with van der Waals surface area (Å²) in [5, 5.41) is 0. The smallest absolute Gasteiger partial charge is 0.123 e. The van der Waals surface area contributed by atoms with Crippen molar-refractivity contribution in [2.45, 2.75) is 19.6 Å². The van der Waals surface area contributed by atoms with Crippen molar-refractivity contribution >= 4 is 0 Å². The summed E-state index contributed by atoms with van der Waals surface area (Å²) >= 11 is 0. The molecular formula is C15H16FNO. The van der Waals surface area contributed by atoms with Gasteiger partial charge in [-0.15, -0.1) is 0 Å². The molecule has 0 spiro atoms. The molecule has 2 aromatic rings. The number of rotatable bonds is 4. The molecule has 2 nitrogen and oxygen atoms in total. The van der Waals surface area contributed by atoms with Gasteiger partial charge in [0.05, 0.1) is 0 Å². The first-order valence-corrected chi connectivity index (χ1v) is 5.88. The zero-order chi connectivity index (χ0) is 13.0. The molecule has 0 amide bonds. The number of hydrogen-bond donors (Lipinski definition) is 1. The number of hydrogen-bond acceptors (Lipinski definition) is 2. The van der Waals surface area contributed by atoms with E-state index < -0.39 is 0 Å². The van der Waals surface area contributed by atoms with Crippen LogP contribution in [0.4, 0.5) is 4.39 Å². The number of benzene rings is 2. The van der Waals surface area contributed by atoms with Crippen molar-refractivity contribution in [1.82, 2.24) is 0 Å². The van der Waals surface area contributed by atoms with E-state index in [9.17, 15) is 4.39 Å². The van der Waals surface area contributed by atoms with Crippen LogP contribution < -0.4 is 10.5 Å². The summed E-state index contributed by atoms with van der Waals surface area (Å²) < 4.78 is 18.6. The summed E-state index contributed by atoms with van der Waals surface area (Å²) in [6.45, 7) is 2.27. The minimum atomic E-state index is -0.250. The summed E-state index contributed by atoms with van der Waals surface area (Å²) in [7, 11) is 0. The first-order chi connectivity index (χ1) is 8.65. The Morgan fingerprint density at radius 1 is 1.17 bits per heavy atom. The van der Waals surface area contributed by atoms with Gasteiger partial charge >= 0.3 is 0 Å². The van der Waals surface area contributed by atoms with E-state index in [1.807, 2.05) is 37.3 Å². The maximum absolute atomic E-state index is 13.0. The van der Waals surface area contributed by atoms with Gasteiger partial charge in [0.2, 0.25) is 0 Å². The second-order valence-electron chi connectivity index (χ2n) is 4.28. The van der Waals surface area contributed by atoms with E-state index in [4.69, 9.17) is 10.5 Å². The molecule has 0 aliphatic rings. The van der Waals surface area contributed by atoms with E-state index in [2.05, 4.69) is 0 Å². The molecule has 2 aromatic carbocycles. The molecular weight excluding hydrogens is 229 g/mol. The molecule has 0 aromatic heterocycles. The molecule has 0 aliphatic heterocycles. The molecule has 0 aliphatic carbocycles. The Kier molecular flexibility index (Phi) is 3.95. The van der Waals surface area contributed by atoms with Crippen LogP contribution in [0.15, 0.2) is 48.5 Å². The lowest BCUT2D eigenvalue weighted by Crippen LogP contribution is -2.05. The van der Waals surface area contributed by atoms with Crippen LogP contribution in [0.2, 0.25) is 0 Å². The predicted molar refractivity (Wildman–Crippen MR) is 69.8 cm³/mol. The average molecular weight is 245 g/mol. The minimum Gasteiger partial charge on any atom is -0.489 e. The van der Waals surface area contributed by atoms with Crippen molar-refractivity contribution < 1.29 is 9.13 Å². The molecule has 1 atom stereocenters. The topological polar surface area (TPSA) is 35.2 Å². The molecule has 0 heterocycles. The zero-order valence-electron chi connectivity index (χ0n) is 10.3. The molecule has 0 saturated heterocycles. The maximum atomic E-state index is 13.0. The summed E-state index contributed by atoms with van der Waals surface area (Å²) in [6.07, 6.45) is 0. The first kappa shape index (κ1) is 12.6. The highest BCUT2D eigenvalue weighted by Crippen LogP contribution is 2.18. The van der Waals surface area contributed by atoms with Crippen LogP contribution in [0.5, 0.6) is 5.75 Å². The van der Waals surface area contributed by atoms with E-state index in [-0.39, 0.29) is 11.9 Å². The van der Waals surface area contributed by atoms with Crippen LogP contribution in [-0.2, 0) is 6.61 Å². The lowest BCUT2D eigenvalue weighted by atomic mass is 10.1. The fourth-order valence-corrected chi connectivity index (χ4v) is 1.68. The van der Waals surface area contributed by atoms with Crippen molar-refractivity contribution in [2.75, 3.05) is 0 Å². The van der Waals surface area contributed by atoms with Crippen molar-refractivity contribution in [2.24, 2.45) is 5.73 Å². The standard InChI is InChI=1S/C15H16FNO/c1-11(17)13-5-3-7-15(9-13)18-10-12-4-2-6-14(16)8-12/h2-9,11H,10,17H2,1H3/t11-/m0/s1. The lowest BCUT2D eigenvalue weighted by molar-refractivity contribution is 0.305. The van der Waals surface area contributed by atoms with Gasteiger partial charge in [-0.2, -0.15) is 0 Å². The van der Waals surface area contributed by atoms with Crippen LogP contribution in [0.3, 0.4) is 0 Å². The quantitative estimate of drug-likeness (QED) is 0.895. The highest BCUT2D eigenvalue weighted by Gasteiger charge is 2.02. The zero-order valence-corrected chi connectivity index (χ0v) is 10.3. The fraction of sp³-hybridized carbons (Fsp3) is 0.200. The molecule has 2 N–H and O–H groups in total. The molecule has 18 heavy (non-hydrogen) atoms. The Morgan fingerprint density at radius 2 is 1.94 bits per heavy atom. The summed E-state index contributed by atoms with van der Waals surface area (Å²) in [5.74, 6) is 0.495. The summed E-state index contributed by atoms with van der Waals surface area (Å²) in [5.41, 5.74) is 7.63. The van der Waals surface area contributed by atoms with Gasteiger partial charge in [0, 0.05) is 6.04 Å². The first-order valence-electron chi connectivity index (χ1n) is 5.88. The highest BCUT2D eigenvalue weighted by molar-refractivity contribution is 5.30. The van der Waals surface area contributed by atoms with Crippen molar-refractivity contribution in [1.29, 1.82) is 0 Å². The van der Waals surface area contributed by atoms with Gasteiger partial charge in [0.25, 0.3) is 0 Å². The largest absolute Gasteiger partial charge is 0.489 e. The normalized spacial score (nSPS) is 12.2. The van der Waals surface area contributed by atoms with Gasteiger partial charge in [0.15, 0.2) is 0 Å². The van der Waals surface area contributed by atoms with E-state index in [0.29, 0.717) is 6.61 Å². The SMILES string of the molecule is C[C@H](N)c1cccc(OCc2cccc(F)c2)c1. The Hall–Kier alpha value is -1.87. The average Bonchev–Trinajstić information content (AvgIpc) is 2.37. The summed E-state index contributed by atoms with van der Waals surface area (Å²) in [4.78, 5) is 0. The summed E-state index contributed by atoms with van der Waals surface area (Å²) in [6, 6.07) is 14.0. The van der Waals surface area contributed by atoms with Crippen molar-refractivity contribution in [3.8, 4) is 5.75 Å². The van der Waals surface area contributed by atoms with Gasteiger partial charge in [-0.05, 0) is 42.3 Å². The molecule has 94 valence electrons. The van der Waals surface area contributed by atoms with Crippen molar-refractivity contribution in [3.05, 3.63) is 65.5 Å². The Balaban J connectivity index is 2.04. The van der Waals surface area contributed by atoms with E-state index in [1.165, 1.54) is 12.1 Å². The molecule has 0 unspecified atom stereocenters. The van der Waals surface area contributed by atoms with E-state index in [0.717, 1.165) is 16.9 Å². The van der Waals surface area contributed by atoms with E-state index >= 15 is 0 Å². The number of ether oxygens (including phenoxy) is 1. The maximum Gasteiger partial charge on any atom is 0.123 e. The molecule has 0 fully saturated rings. The number of nitrogens with two attached hydrogens (primary N) is 1. The van der Waals surface area contributed by atoms with Crippen molar-refractivity contribution in [3.63, 3.8) is 0 Å². The second kappa shape index (κ2) is 5.65. The second-order valence-corrected chi connectivity index (χ2v) is 4.28. The van der Waals surface area contributed by atoms with Crippen LogP contribution in [0.1, 0.15) is 24.1 Å². The molecule has 0 bridgehead atoms. The molecule has 0 saturated carbocycles. The third-order valence-corrected chi connectivity index (χ3v) is 2.68. The third kappa shape index (κ3) is 3.31.